The van der Waals surface area contributed by atoms with Crippen LogP contribution in [0.5, 0.6) is 0 Å². The van der Waals surface area contributed by atoms with Crippen molar-refractivity contribution in [2.75, 3.05) is 13.6 Å². The highest BCUT2D eigenvalue weighted by molar-refractivity contribution is 5.79. The summed E-state index contributed by atoms with van der Waals surface area (Å²) in [5, 5.41) is 6.36. The van der Waals surface area contributed by atoms with Gasteiger partial charge in [0, 0.05) is 32.1 Å². The Morgan fingerprint density at radius 2 is 1.92 bits per heavy atom. The smallest absolute Gasteiger partial charge is 0.191 e. The summed E-state index contributed by atoms with van der Waals surface area (Å²) >= 11 is 0. The quantitative estimate of drug-likeness (QED) is 0.367. The van der Waals surface area contributed by atoms with E-state index in [9.17, 15) is 4.39 Å². The molecule has 6 heteroatoms. The maximum absolute atomic E-state index is 13.6. The van der Waals surface area contributed by atoms with Crippen molar-refractivity contribution in [3.63, 3.8) is 0 Å². The van der Waals surface area contributed by atoms with Crippen molar-refractivity contribution in [2.24, 2.45) is 4.99 Å². The van der Waals surface area contributed by atoms with E-state index in [2.05, 4.69) is 25.6 Å². The van der Waals surface area contributed by atoms with E-state index in [0.717, 1.165) is 36.2 Å². The van der Waals surface area contributed by atoms with Crippen LogP contribution in [0.2, 0.25) is 0 Å². The number of imidazole rings is 1. The zero-order chi connectivity index (χ0) is 17.5. The molecule has 1 aromatic heterocycles. The SMILES string of the molecule is CN=C(NCCCc1nc2ccccc2[nH]1)NCc1ccccc1F. The second kappa shape index (κ2) is 8.28. The Bertz CT molecular complexity index is 823. The van der Waals surface area contributed by atoms with E-state index < -0.39 is 0 Å². The maximum Gasteiger partial charge on any atom is 0.191 e. The van der Waals surface area contributed by atoms with Crippen LogP contribution in [0.4, 0.5) is 4.39 Å². The number of para-hydroxylation sites is 2. The van der Waals surface area contributed by atoms with E-state index in [1.165, 1.54) is 6.07 Å². The number of H-pyrrole nitrogens is 1. The highest BCUT2D eigenvalue weighted by atomic mass is 19.1. The van der Waals surface area contributed by atoms with Gasteiger partial charge in [0.05, 0.1) is 11.0 Å². The molecule has 0 radical (unpaired) electrons. The third-order valence-corrected chi connectivity index (χ3v) is 3.95. The van der Waals surface area contributed by atoms with Crippen molar-refractivity contribution in [3.8, 4) is 0 Å². The number of nitrogens with zero attached hydrogens (tertiary/aromatic N) is 2. The van der Waals surface area contributed by atoms with Crippen molar-refractivity contribution < 1.29 is 4.39 Å². The van der Waals surface area contributed by atoms with Gasteiger partial charge in [-0.25, -0.2) is 9.37 Å². The summed E-state index contributed by atoms with van der Waals surface area (Å²) in [6.07, 6.45) is 1.77. The zero-order valence-electron chi connectivity index (χ0n) is 14.2. The number of benzene rings is 2. The molecule has 1 heterocycles. The van der Waals surface area contributed by atoms with Gasteiger partial charge in [-0.3, -0.25) is 4.99 Å². The Labute approximate surface area is 146 Å². The molecule has 130 valence electrons. The van der Waals surface area contributed by atoms with Gasteiger partial charge in [0.25, 0.3) is 0 Å². The Balaban J connectivity index is 1.43. The number of halogens is 1. The fourth-order valence-electron chi connectivity index (χ4n) is 2.63. The second-order valence-electron chi connectivity index (χ2n) is 5.75. The molecule has 3 N–H and O–H groups in total. The first-order valence-electron chi connectivity index (χ1n) is 8.38. The summed E-state index contributed by atoms with van der Waals surface area (Å²) in [5.74, 6) is 1.43. The summed E-state index contributed by atoms with van der Waals surface area (Å²) in [5.41, 5.74) is 2.67. The van der Waals surface area contributed by atoms with Gasteiger partial charge in [0.2, 0.25) is 0 Å². The van der Waals surface area contributed by atoms with Crippen LogP contribution in [-0.4, -0.2) is 29.5 Å². The molecule has 0 bridgehead atoms. The van der Waals surface area contributed by atoms with E-state index in [0.29, 0.717) is 18.1 Å². The summed E-state index contributed by atoms with van der Waals surface area (Å²) in [7, 11) is 1.70. The van der Waals surface area contributed by atoms with Gasteiger partial charge < -0.3 is 15.6 Å². The first kappa shape index (κ1) is 17.0. The van der Waals surface area contributed by atoms with E-state index in [1.54, 1.807) is 19.2 Å². The average Bonchev–Trinajstić information content (AvgIpc) is 3.05. The van der Waals surface area contributed by atoms with Crippen molar-refractivity contribution >= 4 is 17.0 Å². The monoisotopic (exact) mass is 339 g/mol. The van der Waals surface area contributed by atoms with Crippen LogP contribution >= 0.6 is 0 Å². The number of aliphatic imine (C=N–C) groups is 1. The Morgan fingerprint density at radius 3 is 2.72 bits per heavy atom. The fourth-order valence-corrected chi connectivity index (χ4v) is 2.63. The number of nitrogens with one attached hydrogen (secondary N) is 3. The van der Waals surface area contributed by atoms with Crippen LogP contribution in [0.15, 0.2) is 53.5 Å². The van der Waals surface area contributed by atoms with Crippen molar-refractivity contribution in [3.05, 3.63) is 65.7 Å². The summed E-state index contributed by atoms with van der Waals surface area (Å²) < 4.78 is 13.6. The lowest BCUT2D eigenvalue weighted by atomic mass is 10.2. The minimum Gasteiger partial charge on any atom is -0.356 e. The zero-order valence-corrected chi connectivity index (χ0v) is 14.2. The molecule has 3 rings (SSSR count). The van der Waals surface area contributed by atoms with Gasteiger partial charge in [0.15, 0.2) is 5.96 Å². The Kier molecular flexibility index (Phi) is 5.61. The number of aromatic nitrogens is 2. The van der Waals surface area contributed by atoms with Crippen LogP contribution in [0, 0.1) is 5.82 Å². The third-order valence-electron chi connectivity index (χ3n) is 3.95. The number of rotatable bonds is 6. The molecule has 5 nitrogen and oxygen atoms in total. The Hall–Kier alpha value is -2.89. The minimum absolute atomic E-state index is 0.213. The number of hydrogen-bond acceptors (Lipinski definition) is 2. The molecule has 0 unspecified atom stereocenters. The maximum atomic E-state index is 13.6. The molecular weight excluding hydrogens is 317 g/mol. The molecule has 25 heavy (non-hydrogen) atoms. The highest BCUT2D eigenvalue weighted by Gasteiger charge is 2.04. The molecule has 0 saturated carbocycles. The predicted molar refractivity (Wildman–Crippen MR) is 99.0 cm³/mol. The fraction of sp³-hybridized carbons (Fsp3) is 0.263. The highest BCUT2D eigenvalue weighted by Crippen LogP contribution is 2.11. The van der Waals surface area contributed by atoms with Crippen LogP contribution in [0.1, 0.15) is 17.8 Å². The molecular formula is C19H22FN5. The van der Waals surface area contributed by atoms with Gasteiger partial charge in [-0.2, -0.15) is 0 Å². The lowest BCUT2D eigenvalue weighted by Gasteiger charge is -2.12. The molecule has 0 atom stereocenters. The summed E-state index contributed by atoms with van der Waals surface area (Å²) in [6.45, 7) is 1.16. The molecule has 0 amide bonds. The lowest BCUT2D eigenvalue weighted by Crippen LogP contribution is -2.37. The first-order chi connectivity index (χ1) is 12.3. The van der Waals surface area contributed by atoms with Gasteiger partial charge in [-0.15, -0.1) is 0 Å². The largest absolute Gasteiger partial charge is 0.356 e. The van der Waals surface area contributed by atoms with E-state index in [1.807, 2.05) is 30.3 Å². The number of aryl methyl sites for hydroxylation is 1. The number of hydrogen-bond donors (Lipinski definition) is 3. The topological polar surface area (TPSA) is 65.1 Å². The van der Waals surface area contributed by atoms with Crippen LogP contribution in [0.25, 0.3) is 11.0 Å². The molecule has 0 aliphatic heterocycles. The molecule has 2 aromatic carbocycles. The summed E-state index contributed by atoms with van der Waals surface area (Å²) in [4.78, 5) is 12.0. The van der Waals surface area contributed by atoms with E-state index >= 15 is 0 Å². The molecule has 0 spiro atoms. The predicted octanol–water partition coefficient (Wildman–Crippen LogP) is 3.00. The van der Waals surface area contributed by atoms with Gasteiger partial charge in [0.1, 0.15) is 11.6 Å². The van der Waals surface area contributed by atoms with Crippen LogP contribution in [0.3, 0.4) is 0 Å². The molecule has 0 saturated heterocycles. The van der Waals surface area contributed by atoms with Gasteiger partial charge in [-0.05, 0) is 24.6 Å². The molecule has 0 fully saturated rings. The first-order valence-corrected chi connectivity index (χ1v) is 8.38. The van der Waals surface area contributed by atoms with Crippen LogP contribution in [-0.2, 0) is 13.0 Å². The third kappa shape index (κ3) is 4.56. The summed E-state index contributed by atoms with van der Waals surface area (Å²) in [6, 6.07) is 14.7. The average molecular weight is 339 g/mol. The van der Waals surface area contributed by atoms with Crippen molar-refractivity contribution in [1.29, 1.82) is 0 Å². The van der Waals surface area contributed by atoms with E-state index in [-0.39, 0.29) is 5.82 Å². The molecule has 0 aliphatic carbocycles. The molecule has 0 aliphatic rings. The number of aromatic amines is 1. The lowest BCUT2D eigenvalue weighted by molar-refractivity contribution is 0.604. The Morgan fingerprint density at radius 1 is 1.12 bits per heavy atom. The normalized spacial score (nSPS) is 11.7. The van der Waals surface area contributed by atoms with Gasteiger partial charge >= 0.3 is 0 Å². The number of fused-ring (bicyclic) bond motifs is 1. The van der Waals surface area contributed by atoms with Crippen LogP contribution < -0.4 is 10.6 Å². The minimum atomic E-state index is -0.213. The molecule has 3 aromatic rings. The number of guanidine groups is 1. The van der Waals surface area contributed by atoms with Crippen molar-refractivity contribution in [2.45, 2.75) is 19.4 Å². The van der Waals surface area contributed by atoms with Gasteiger partial charge in [-0.1, -0.05) is 30.3 Å². The standard InChI is InChI=1S/C19H22FN5/c1-21-19(23-13-14-7-2-3-8-15(14)20)22-12-6-11-18-24-16-9-4-5-10-17(16)25-18/h2-5,7-10H,6,11-13H2,1H3,(H,24,25)(H2,21,22,23). The van der Waals surface area contributed by atoms with Crippen molar-refractivity contribution in [1.82, 2.24) is 20.6 Å². The van der Waals surface area contributed by atoms with E-state index in [4.69, 9.17) is 0 Å². The second-order valence-corrected chi connectivity index (χ2v) is 5.75.